The molecule has 1 amide bonds. The second kappa shape index (κ2) is 6.50. The number of carbonyl (C=O) groups is 1. The van der Waals surface area contributed by atoms with Crippen molar-refractivity contribution in [3.63, 3.8) is 0 Å². The fraction of sp³-hybridized carbons (Fsp3) is 0.100. The third-order valence-electron chi connectivity index (χ3n) is 4.74. The number of carbonyl (C=O) groups excluding carboxylic acids is 1. The number of hydrogen-bond acceptors (Lipinski definition) is 7. The molecule has 144 valence electrons. The molecule has 1 aliphatic heterocycles. The summed E-state index contributed by atoms with van der Waals surface area (Å²) in [6.45, 7) is 1.79. The molecular formula is C20H12BrN3O4S. The number of anilines is 1. The van der Waals surface area contributed by atoms with E-state index >= 15 is 0 Å². The van der Waals surface area contributed by atoms with Gasteiger partial charge in [0.05, 0.1) is 17.0 Å². The number of rotatable bonds is 2. The van der Waals surface area contributed by atoms with Crippen LogP contribution in [0.25, 0.3) is 11.0 Å². The Morgan fingerprint density at radius 3 is 2.72 bits per heavy atom. The van der Waals surface area contributed by atoms with E-state index in [0.29, 0.717) is 26.7 Å². The van der Waals surface area contributed by atoms with Gasteiger partial charge in [0, 0.05) is 4.47 Å². The van der Waals surface area contributed by atoms with Gasteiger partial charge in [0.1, 0.15) is 16.3 Å². The largest absolute Gasteiger partial charge is 0.508 e. The Labute approximate surface area is 176 Å². The number of hydrogen-bond donors (Lipinski definition) is 1. The van der Waals surface area contributed by atoms with Crippen LogP contribution in [-0.4, -0.2) is 21.2 Å². The normalized spacial score (nSPS) is 15.9. The zero-order valence-electron chi connectivity index (χ0n) is 14.9. The maximum absolute atomic E-state index is 13.4. The second-order valence-corrected chi connectivity index (χ2v) is 8.67. The van der Waals surface area contributed by atoms with Crippen molar-refractivity contribution >= 4 is 49.3 Å². The van der Waals surface area contributed by atoms with Crippen molar-refractivity contribution in [2.75, 3.05) is 4.90 Å². The molecule has 1 atom stereocenters. The molecule has 29 heavy (non-hydrogen) atoms. The number of aromatic hydroxyl groups is 1. The van der Waals surface area contributed by atoms with Crippen LogP contribution in [0.5, 0.6) is 5.75 Å². The summed E-state index contributed by atoms with van der Waals surface area (Å²) >= 11 is 4.62. The van der Waals surface area contributed by atoms with E-state index < -0.39 is 11.9 Å². The first-order valence-corrected chi connectivity index (χ1v) is 10.2. The van der Waals surface area contributed by atoms with E-state index in [0.717, 1.165) is 4.47 Å². The smallest absolute Gasteiger partial charge is 0.297 e. The van der Waals surface area contributed by atoms with Crippen molar-refractivity contribution in [3.8, 4) is 5.75 Å². The van der Waals surface area contributed by atoms with E-state index in [1.807, 2.05) is 0 Å². The summed E-state index contributed by atoms with van der Waals surface area (Å²) < 4.78 is 6.60. The molecule has 0 saturated heterocycles. The number of nitrogens with zero attached hydrogens (tertiary/aromatic N) is 3. The van der Waals surface area contributed by atoms with Gasteiger partial charge in [0.2, 0.25) is 10.9 Å². The molecule has 5 rings (SSSR count). The average Bonchev–Trinajstić information content (AvgIpc) is 3.24. The summed E-state index contributed by atoms with van der Waals surface area (Å²) in [6.07, 6.45) is 0. The third-order valence-corrected chi connectivity index (χ3v) is 6.07. The van der Waals surface area contributed by atoms with Crippen LogP contribution in [0.3, 0.4) is 0 Å². The monoisotopic (exact) mass is 469 g/mol. The molecule has 9 heteroatoms. The van der Waals surface area contributed by atoms with Gasteiger partial charge in [-0.3, -0.25) is 14.5 Å². The minimum absolute atomic E-state index is 0.0222. The summed E-state index contributed by atoms with van der Waals surface area (Å²) in [7, 11) is 0. The number of fused-ring (bicyclic) bond motifs is 2. The van der Waals surface area contributed by atoms with E-state index in [1.165, 1.54) is 28.4 Å². The van der Waals surface area contributed by atoms with E-state index in [4.69, 9.17) is 4.42 Å². The van der Waals surface area contributed by atoms with Crippen molar-refractivity contribution in [1.82, 2.24) is 10.2 Å². The van der Waals surface area contributed by atoms with Gasteiger partial charge in [-0.2, -0.15) is 0 Å². The van der Waals surface area contributed by atoms with Gasteiger partial charge in [-0.05, 0) is 42.8 Å². The van der Waals surface area contributed by atoms with Gasteiger partial charge >= 0.3 is 0 Å². The van der Waals surface area contributed by atoms with Crippen LogP contribution in [0.2, 0.25) is 0 Å². The molecule has 4 aromatic rings. The molecule has 0 fully saturated rings. The lowest BCUT2D eigenvalue weighted by atomic mass is 9.98. The number of aryl methyl sites for hydroxylation is 1. The van der Waals surface area contributed by atoms with Crippen LogP contribution in [0.1, 0.15) is 32.7 Å². The van der Waals surface area contributed by atoms with Crippen LogP contribution < -0.4 is 10.3 Å². The summed E-state index contributed by atoms with van der Waals surface area (Å²) in [5, 5.41) is 19.5. The molecule has 2 aromatic heterocycles. The summed E-state index contributed by atoms with van der Waals surface area (Å²) in [5.74, 6) is -0.456. The maximum Gasteiger partial charge on any atom is 0.297 e. The fourth-order valence-corrected chi connectivity index (χ4v) is 4.61. The Kier molecular flexibility index (Phi) is 4.04. The Balaban J connectivity index is 1.84. The quantitative estimate of drug-likeness (QED) is 0.473. The van der Waals surface area contributed by atoms with Crippen LogP contribution in [0.15, 0.2) is 56.1 Å². The van der Waals surface area contributed by atoms with E-state index in [9.17, 15) is 14.7 Å². The highest BCUT2D eigenvalue weighted by atomic mass is 79.9. The molecule has 1 N–H and O–H groups in total. The molecule has 0 bridgehead atoms. The highest BCUT2D eigenvalue weighted by Gasteiger charge is 2.45. The van der Waals surface area contributed by atoms with Crippen LogP contribution >= 0.6 is 27.3 Å². The Hall–Kier alpha value is -3.04. The zero-order chi connectivity index (χ0) is 20.3. The molecule has 0 spiro atoms. The first kappa shape index (κ1) is 18.0. The first-order valence-electron chi connectivity index (χ1n) is 8.63. The third kappa shape index (κ3) is 2.77. The van der Waals surface area contributed by atoms with Gasteiger partial charge in [0.25, 0.3) is 5.91 Å². The first-order chi connectivity index (χ1) is 13.9. The Bertz CT molecular complexity index is 1360. The minimum Gasteiger partial charge on any atom is -0.508 e. The van der Waals surface area contributed by atoms with Crippen LogP contribution in [0, 0.1) is 6.92 Å². The molecule has 0 saturated carbocycles. The molecule has 0 aliphatic carbocycles. The Morgan fingerprint density at radius 1 is 1.17 bits per heavy atom. The van der Waals surface area contributed by atoms with Gasteiger partial charge in [-0.15, -0.1) is 10.2 Å². The fourth-order valence-electron chi connectivity index (χ4n) is 3.54. The van der Waals surface area contributed by atoms with Crippen LogP contribution in [0.4, 0.5) is 5.13 Å². The number of benzene rings is 2. The van der Waals surface area contributed by atoms with E-state index in [1.54, 1.807) is 37.3 Å². The molecule has 2 aromatic carbocycles. The number of phenols is 1. The summed E-state index contributed by atoms with van der Waals surface area (Å²) in [4.78, 5) is 28.1. The second-order valence-electron chi connectivity index (χ2n) is 6.59. The molecule has 0 radical (unpaired) electrons. The van der Waals surface area contributed by atoms with Gasteiger partial charge in [-0.25, -0.2) is 0 Å². The lowest BCUT2D eigenvalue weighted by Gasteiger charge is -2.22. The van der Waals surface area contributed by atoms with Gasteiger partial charge in [-0.1, -0.05) is 39.4 Å². The number of amides is 1. The SMILES string of the molecule is Cc1nnc(N2C(=O)c3oc4ccc(Br)cc4c(=O)c3C2c2cccc(O)c2)s1. The molecular weight excluding hydrogens is 458 g/mol. The lowest BCUT2D eigenvalue weighted by molar-refractivity contribution is 0.0970. The van der Waals surface area contributed by atoms with Gasteiger partial charge < -0.3 is 9.52 Å². The van der Waals surface area contributed by atoms with E-state index in [-0.39, 0.29) is 22.5 Å². The van der Waals surface area contributed by atoms with E-state index in [2.05, 4.69) is 26.1 Å². The highest BCUT2D eigenvalue weighted by Crippen LogP contribution is 2.42. The van der Waals surface area contributed by atoms with Crippen molar-refractivity contribution in [1.29, 1.82) is 0 Å². The zero-order valence-corrected chi connectivity index (χ0v) is 17.3. The molecule has 3 heterocycles. The van der Waals surface area contributed by atoms with Crippen molar-refractivity contribution in [2.24, 2.45) is 0 Å². The highest BCUT2D eigenvalue weighted by molar-refractivity contribution is 9.10. The number of halogens is 1. The van der Waals surface area contributed by atoms with Gasteiger partial charge in [0.15, 0.2) is 5.43 Å². The molecule has 7 nitrogen and oxygen atoms in total. The molecule has 1 unspecified atom stereocenters. The standard InChI is InChI=1S/C20H12BrN3O4S/c1-9-22-23-20(29-9)24-16(10-3-2-4-12(25)7-10)15-17(26)13-8-11(21)5-6-14(13)28-18(15)19(24)27/h2-8,16,25H,1H3. The topological polar surface area (TPSA) is 96.5 Å². The van der Waals surface area contributed by atoms with Crippen molar-refractivity contribution in [2.45, 2.75) is 13.0 Å². The van der Waals surface area contributed by atoms with Crippen molar-refractivity contribution < 1.29 is 14.3 Å². The minimum atomic E-state index is -0.781. The molecule has 1 aliphatic rings. The predicted molar refractivity (Wildman–Crippen MR) is 112 cm³/mol. The lowest BCUT2D eigenvalue weighted by Crippen LogP contribution is -2.29. The summed E-state index contributed by atoms with van der Waals surface area (Å²) in [6, 6.07) is 10.7. The van der Waals surface area contributed by atoms with Crippen LogP contribution in [-0.2, 0) is 0 Å². The maximum atomic E-state index is 13.4. The predicted octanol–water partition coefficient (Wildman–Crippen LogP) is 4.17. The number of aromatic nitrogens is 2. The summed E-state index contributed by atoms with van der Waals surface area (Å²) in [5.41, 5.74) is 0.828. The van der Waals surface area contributed by atoms with Crippen molar-refractivity contribution in [3.05, 3.63) is 79.1 Å². The Morgan fingerprint density at radius 2 is 2.00 bits per heavy atom. The average molecular weight is 470 g/mol. The number of phenolic OH excluding ortho intramolecular Hbond substituents is 1.